The first-order valence-corrected chi connectivity index (χ1v) is 8.41. The van der Waals surface area contributed by atoms with E-state index < -0.39 is 10.0 Å². The average Bonchev–Trinajstić information content (AvgIpc) is 2.41. The van der Waals surface area contributed by atoms with Gasteiger partial charge in [0.2, 0.25) is 10.0 Å². The Morgan fingerprint density at radius 2 is 1.80 bits per heavy atom. The lowest BCUT2D eigenvalue weighted by molar-refractivity contribution is 0.466. The Bertz CT molecular complexity index is 713. The second-order valence-corrected chi connectivity index (χ2v) is 7.57. The Kier molecular flexibility index (Phi) is 4.62. The van der Waals surface area contributed by atoms with Crippen LogP contribution >= 0.6 is 15.9 Å². The van der Waals surface area contributed by atoms with Gasteiger partial charge in [-0.25, -0.2) is 8.42 Å². The van der Waals surface area contributed by atoms with Gasteiger partial charge in [-0.05, 0) is 36.2 Å². The molecule has 0 heterocycles. The van der Waals surface area contributed by atoms with Crippen LogP contribution in [0.4, 0.5) is 0 Å². The molecule has 0 radical (unpaired) electrons. The zero-order valence-corrected chi connectivity index (χ0v) is 13.8. The Morgan fingerprint density at radius 1 is 1.10 bits per heavy atom. The smallest absolute Gasteiger partial charge is 0.207 e. The van der Waals surface area contributed by atoms with Crippen molar-refractivity contribution in [1.29, 1.82) is 0 Å². The lowest BCUT2D eigenvalue weighted by Gasteiger charge is -2.18. The van der Waals surface area contributed by atoms with Gasteiger partial charge < -0.3 is 0 Å². The number of hydrogen-bond acceptors (Lipinski definition) is 2. The van der Waals surface area contributed by atoms with Crippen LogP contribution in [-0.4, -0.2) is 19.8 Å². The lowest BCUT2D eigenvalue weighted by Crippen LogP contribution is -2.26. The van der Waals surface area contributed by atoms with E-state index in [4.69, 9.17) is 0 Å². The monoisotopic (exact) mass is 353 g/mol. The van der Waals surface area contributed by atoms with Crippen LogP contribution < -0.4 is 0 Å². The van der Waals surface area contributed by atoms with Crippen molar-refractivity contribution in [2.45, 2.75) is 18.4 Å². The van der Waals surface area contributed by atoms with Gasteiger partial charge in [0, 0.05) is 18.1 Å². The molecule has 0 aromatic heterocycles. The molecule has 0 aliphatic carbocycles. The Hall–Kier alpha value is -1.17. The summed E-state index contributed by atoms with van der Waals surface area (Å²) >= 11 is 3.44. The maximum atomic E-state index is 12.5. The van der Waals surface area contributed by atoms with E-state index in [0.717, 1.165) is 15.6 Å². The molecule has 0 aliphatic rings. The molecular weight excluding hydrogens is 338 g/mol. The normalized spacial score (nSPS) is 11.8. The topological polar surface area (TPSA) is 37.4 Å². The van der Waals surface area contributed by atoms with Crippen molar-refractivity contribution < 1.29 is 8.42 Å². The maximum absolute atomic E-state index is 12.5. The van der Waals surface area contributed by atoms with E-state index in [1.54, 1.807) is 25.2 Å². The highest BCUT2D eigenvalue weighted by atomic mass is 79.9. The zero-order valence-electron chi connectivity index (χ0n) is 11.4. The minimum absolute atomic E-state index is 0.326. The summed E-state index contributed by atoms with van der Waals surface area (Å²) in [5.41, 5.74) is 1.87. The van der Waals surface area contributed by atoms with Gasteiger partial charge >= 0.3 is 0 Å². The van der Waals surface area contributed by atoms with Gasteiger partial charge in [0.15, 0.2) is 0 Å². The molecule has 5 heteroatoms. The molecule has 0 fully saturated rings. The number of aryl methyl sites for hydroxylation is 1. The van der Waals surface area contributed by atoms with Crippen molar-refractivity contribution >= 4 is 26.0 Å². The molecule has 0 unspecified atom stereocenters. The minimum atomic E-state index is -3.46. The molecule has 0 aliphatic heterocycles. The number of nitrogens with zero attached hydrogens (tertiary/aromatic N) is 1. The van der Waals surface area contributed by atoms with Crippen LogP contribution in [0, 0.1) is 6.92 Å². The molecule has 106 valence electrons. The number of benzene rings is 2. The van der Waals surface area contributed by atoms with E-state index >= 15 is 0 Å². The first kappa shape index (κ1) is 15.2. The first-order chi connectivity index (χ1) is 9.41. The highest BCUT2D eigenvalue weighted by Gasteiger charge is 2.21. The molecule has 3 nitrogen and oxygen atoms in total. The number of halogens is 1. The highest BCUT2D eigenvalue weighted by molar-refractivity contribution is 9.10. The first-order valence-electron chi connectivity index (χ1n) is 6.17. The highest BCUT2D eigenvalue weighted by Crippen LogP contribution is 2.21. The fourth-order valence-corrected chi connectivity index (χ4v) is 3.57. The molecular formula is C15H16BrNO2S. The molecule has 0 amide bonds. The second-order valence-electron chi connectivity index (χ2n) is 4.67. The Balaban J connectivity index is 2.29. The summed E-state index contributed by atoms with van der Waals surface area (Å²) in [6.07, 6.45) is 0. The quantitative estimate of drug-likeness (QED) is 0.842. The summed E-state index contributed by atoms with van der Waals surface area (Å²) in [6, 6.07) is 14.6. The molecule has 0 bridgehead atoms. The summed E-state index contributed by atoms with van der Waals surface area (Å²) in [4.78, 5) is 0.326. The van der Waals surface area contributed by atoms with Gasteiger partial charge in [0.1, 0.15) is 0 Å². The fraction of sp³-hybridized carbons (Fsp3) is 0.200. The van der Waals surface area contributed by atoms with Crippen molar-refractivity contribution in [2.24, 2.45) is 0 Å². The third-order valence-electron chi connectivity index (χ3n) is 3.05. The van der Waals surface area contributed by atoms with E-state index in [9.17, 15) is 8.42 Å². The largest absolute Gasteiger partial charge is 0.243 e. The van der Waals surface area contributed by atoms with Crippen molar-refractivity contribution in [1.82, 2.24) is 4.31 Å². The van der Waals surface area contributed by atoms with Crippen molar-refractivity contribution in [3.8, 4) is 0 Å². The van der Waals surface area contributed by atoms with E-state index in [0.29, 0.717) is 11.4 Å². The number of sulfonamides is 1. The lowest BCUT2D eigenvalue weighted by atomic mass is 10.2. The zero-order chi connectivity index (χ0) is 14.8. The molecule has 0 saturated carbocycles. The third-order valence-corrected chi connectivity index (χ3v) is 5.62. The molecule has 2 rings (SSSR count). The Morgan fingerprint density at radius 3 is 2.45 bits per heavy atom. The summed E-state index contributed by atoms with van der Waals surface area (Å²) < 4.78 is 27.3. The van der Waals surface area contributed by atoms with Crippen molar-refractivity contribution in [2.75, 3.05) is 7.05 Å². The second kappa shape index (κ2) is 6.08. The van der Waals surface area contributed by atoms with Gasteiger partial charge in [0.25, 0.3) is 0 Å². The van der Waals surface area contributed by atoms with Crippen LogP contribution in [0.5, 0.6) is 0 Å². The van der Waals surface area contributed by atoms with E-state index in [2.05, 4.69) is 15.9 Å². The van der Waals surface area contributed by atoms with Crippen LogP contribution in [0.2, 0.25) is 0 Å². The van der Waals surface area contributed by atoms with E-state index in [1.807, 2.05) is 37.3 Å². The molecule has 20 heavy (non-hydrogen) atoms. The van der Waals surface area contributed by atoms with Crippen molar-refractivity contribution in [3.05, 3.63) is 64.1 Å². The van der Waals surface area contributed by atoms with Crippen LogP contribution in [-0.2, 0) is 16.6 Å². The van der Waals surface area contributed by atoms with Gasteiger partial charge in [-0.1, -0.05) is 46.3 Å². The predicted octanol–water partition coefficient (Wildman–Crippen LogP) is 3.58. The standard InChI is InChI=1S/C15H16BrNO2S/c1-12-6-5-8-14(10-12)20(18,19)17(2)11-13-7-3-4-9-15(13)16/h3-10H,11H2,1-2H3. The Labute approximate surface area is 128 Å². The summed E-state index contributed by atoms with van der Waals surface area (Å²) in [6.45, 7) is 2.21. The average molecular weight is 354 g/mol. The number of hydrogen-bond donors (Lipinski definition) is 0. The van der Waals surface area contributed by atoms with E-state index in [1.165, 1.54) is 4.31 Å². The van der Waals surface area contributed by atoms with Crippen LogP contribution in [0.3, 0.4) is 0 Å². The predicted molar refractivity (Wildman–Crippen MR) is 84.0 cm³/mol. The van der Waals surface area contributed by atoms with Gasteiger partial charge in [-0.2, -0.15) is 4.31 Å². The van der Waals surface area contributed by atoms with Gasteiger partial charge in [0.05, 0.1) is 4.90 Å². The molecule has 0 atom stereocenters. The van der Waals surface area contributed by atoms with Crippen LogP contribution in [0.25, 0.3) is 0 Å². The van der Waals surface area contributed by atoms with Gasteiger partial charge in [-0.3, -0.25) is 0 Å². The minimum Gasteiger partial charge on any atom is -0.207 e. The molecule has 2 aromatic rings. The fourth-order valence-electron chi connectivity index (χ4n) is 1.91. The van der Waals surface area contributed by atoms with Crippen LogP contribution in [0.15, 0.2) is 57.9 Å². The number of rotatable bonds is 4. The van der Waals surface area contributed by atoms with Gasteiger partial charge in [-0.15, -0.1) is 0 Å². The summed E-state index contributed by atoms with van der Waals surface area (Å²) in [7, 11) is -1.87. The maximum Gasteiger partial charge on any atom is 0.243 e. The molecule has 0 spiro atoms. The SMILES string of the molecule is Cc1cccc(S(=O)(=O)N(C)Cc2ccccc2Br)c1. The molecule has 0 N–H and O–H groups in total. The summed E-state index contributed by atoms with van der Waals surface area (Å²) in [5, 5.41) is 0. The van der Waals surface area contributed by atoms with Crippen LogP contribution in [0.1, 0.15) is 11.1 Å². The molecule has 0 saturated heterocycles. The van der Waals surface area contributed by atoms with E-state index in [-0.39, 0.29) is 0 Å². The van der Waals surface area contributed by atoms with Crippen molar-refractivity contribution in [3.63, 3.8) is 0 Å². The summed E-state index contributed by atoms with van der Waals surface area (Å²) in [5.74, 6) is 0. The molecule has 2 aromatic carbocycles. The third kappa shape index (κ3) is 3.29.